The maximum absolute atomic E-state index is 9.38. The van der Waals surface area contributed by atoms with E-state index in [2.05, 4.69) is 15.9 Å². The molecule has 0 heterocycles. The lowest BCUT2D eigenvalue weighted by Crippen LogP contribution is -1.92. The van der Waals surface area contributed by atoms with Gasteiger partial charge in [-0.05, 0) is 53.0 Å². The maximum atomic E-state index is 9.38. The van der Waals surface area contributed by atoms with Crippen LogP contribution in [0.1, 0.15) is 24.2 Å². The summed E-state index contributed by atoms with van der Waals surface area (Å²) in [6.07, 6.45) is -0.499. The Morgan fingerprint density at radius 3 is 2.42 bits per heavy atom. The maximum Gasteiger partial charge on any atom is 0.132 e. The topological polar surface area (TPSA) is 40.5 Å². The van der Waals surface area contributed by atoms with Crippen molar-refractivity contribution in [3.05, 3.63) is 27.7 Å². The number of hydrogen-bond donors (Lipinski definition) is 2. The normalized spacial score (nSPS) is 13.0. The average molecular weight is 231 g/mol. The van der Waals surface area contributed by atoms with E-state index < -0.39 is 6.10 Å². The van der Waals surface area contributed by atoms with Crippen molar-refractivity contribution in [2.24, 2.45) is 0 Å². The fraction of sp³-hybridized carbons (Fsp3) is 0.333. The Labute approximate surface area is 80.0 Å². The summed E-state index contributed by atoms with van der Waals surface area (Å²) in [7, 11) is 0. The van der Waals surface area contributed by atoms with Crippen LogP contribution in [0.15, 0.2) is 16.6 Å². The summed E-state index contributed by atoms with van der Waals surface area (Å²) in [6, 6.07) is 3.48. The van der Waals surface area contributed by atoms with E-state index >= 15 is 0 Å². The summed E-state index contributed by atoms with van der Waals surface area (Å²) in [6.45, 7) is 3.49. The minimum Gasteiger partial charge on any atom is -0.506 e. The highest BCUT2D eigenvalue weighted by Gasteiger charge is 2.07. The van der Waals surface area contributed by atoms with Crippen LogP contribution in [0.4, 0.5) is 0 Å². The molecule has 0 aliphatic heterocycles. The molecule has 1 atom stereocenters. The molecule has 0 fully saturated rings. The van der Waals surface area contributed by atoms with Gasteiger partial charge in [0.15, 0.2) is 0 Å². The fourth-order valence-corrected chi connectivity index (χ4v) is 1.58. The molecule has 0 saturated carbocycles. The quantitative estimate of drug-likeness (QED) is 0.779. The fourth-order valence-electron chi connectivity index (χ4n) is 1.00. The van der Waals surface area contributed by atoms with Crippen molar-refractivity contribution in [2.45, 2.75) is 20.0 Å². The number of phenolic OH excluding ortho intramolecular Hbond substituents is 1. The van der Waals surface area contributed by atoms with Gasteiger partial charge in [0, 0.05) is 0 Å². The van der Waals surface area contributed by atoms with Crippen LogP contribution in [-0.2, 0) is 0 Å². The molecule has 12 heavy (non-hydrogen) atoms. The SMILES string of the molecule is Cc1cc(C(C)O)cc(Br)c1O. The van der Waals surface area contributed by atoms with Crippen LogP contribution in [0.2, 0.25) is 0 Å². The third-order valence-electron chi connectivity index (χ3n) is 1.76. The zero-order chi connectivity index (χ0) is 9.30. The third-order valence-corrected chi connectivity index (χ3v) is 2.36. The second-order valence-electron chi connectivity index (χ2n) is 2.84. The number of rotatable bonds is 1. The molecule has 0 bridgehead atoms. The average Bonchev–Trinajstić information content (AvgIpc) is 1.99. The van der Waals surface area contributed by atoms with E-state index in [9.17, 15) is 10.2 Å². The molecule has 0 amide bonds. The first kappa shape index (κ1) is 9.55. The van der Waals surface area contributed by atoms with E-state index in [0.717, 1.165) is 11.1 Å². The van der Waals surface area contributed by atoms with Crippen molar-refractivity contribution in [1.29, 1.82) is 0 Å². The summed E-state index contributed by atoms with van der Waals surface area (Å²) in [4.78, 5) is 0. The predicted molar refractivity (Wildman–Crippen MR) is 51.2 cm³/mol. The summed E-state index contributed by atoms with van der Waals surface area (Å²) in [5.74, 6) is 0.236. The number of aromatic hydroxyl groups is 1. The van der Waals surface area contributed by atoms with Crippen LogP contribution in [0.5, 0.6) is 5.75 Å². The second kappa shape index (κ2) is 3.46. The van der Waals surface area contributed by atoms with Crippen molar-refractivity contribution in [2.75, 3.05) is 0 Å². The Hall–Kier alpha value is -0.540. The van der Waals surface area contributed by atoms with E-state index in [1.807, 2.05) is 0 Å². The minimum absolute atomic E-state index is 0.236. The molecule has 0 radical (unpaired) electrons. The molecule has 1 unspecified atom stereocenters. The van der Waals surface area contributed by atoms with Gasteiger partial charge in [-0.3, -0.25) is 0 Å². The van der Waals surface area contributed by atoms with Gasteiger partial charge < -0.3 is 10.2 Å². The van der Waals surface area contributed by atoms with Crippen LogP contribution < -0.4 is 0 Å². The van der Waals surface area contributed by atoms with Gasteiger partial charge in [-0.25, -0.2) is 0 Å². The number of aliphatic hydroxyl groups excluding tert-OH is 1. The Balaban J connectivity index is 3.21. The van der Waals surface area contributed by atoms with Crippen molar-refractivity contribution >= 4 is 15.9 Å². The van der Waals surface area contributed by atoms with Crippen LogP contribution in [0.25, 0.3) is 0 Å². The van der Waals surface area contributed by atoms with Gasteiger partial charge >= 0.3 is 0 Å². The molecular formula is C9H11BrO2. The number of benzene rings is 1. The molecule has 0 spiro atoms. The lowest BCUT2D eigenvalue weighted by molar-refractivity contribution is 0.199. The first-order valence-corrected chi connectivity index (χ1v) is 4.48. The standard InChI is InChI=1S/C9H11BrO2/c1-5-3-7(6(2)11)4-8(10)9(5)12/h3-4,6,11-12H,1-2H3. The summed E-state index contributed by atoms with van der Waals surface area (Å²) in [5.41, 5.74) is 1.57. The Kier molecular flexibility index (Phi) is 2.75. The van der Waals surface area contributed by atoms with E-state index in [1.165, 1.54) is 0 Å². The zero-order valence-corrected chi connectivity index (χ0v) is 8.59. The van der Waals surface area contributed by atoms with Crippen LogP contribution in [-0.4, -0.2) is 10.2 Å². The molecule has 1 aromatic carbocycles. The smallest absolute Gasteiger partial charge is 0.132 e. The van der Waals surface area contributed by atoms with Gasteiger partial charge in [0.2, 0.25) is 0 Å². The highest BCUT2D eigenvalue weighted by molar-refractivity contribution is 9.10. The van der Waals surface area contributed by atoms with E-state index in [4.69, 9.17) is 0 Å². The van der Waals surface area contributed by atoms with Gasteiger partial charge in [0.05, 0.1) is 10.6 Å². The Bertz CT molecular complexity index is 272. The molecule has 66 valence electrons. The second-order valence-corrected chi connectivity index (χ2v) is 3.70. The highest BCUT2D eigenvalue weighted by Crippen LogP contribution is 2.30. The Morgan fingerprint density at radius 2 is 2.00 bits per heavy atom. The lowest BCUT2D eigenvalue weighted by Gasteiger charge is -2.08. The molecule has 2 nitrogen and oxygen atoms in total. The summed E-state index contributed by atoms with van der Waals surface area (Å²) < 4.78 is 0.624. The zero-order valence-electron chi connectivity index (χ0n) is 7.00. The number of aliphatic hydroxyl groups is 1. The first-order valence-electron chi connectivity index (χ1n) is 3.69. The van der Waals surface area contributed by atoms with Crippen LogP contribution in [0, 0.1) is 6.92 Å². The number of hydrogen-bond acceptors (Lipinski definition) is 2. The molecule has 0 aliphatic carbocycles. The van der Waals surface area contributed by atoms with E-state index in [-0.39, 0.29) is 5.75 Å². The minimum atomic E-state index is -0.499. The molecule has 0 aromatic heterocycles. The van der Waals surface area contributed by atoms with Gasteiger partial charge in [0.25, 0.3) is 0 Å². The number of aryl methyl sites for hydroxylation is 1. The monoisotopic (exact) mass is 230 g/mol. The van der Waals surface area contributed by atoms with Gasteiger partial charge in [0.1, 0.15) is 5.75 Å². The molecule has 3 heteroatoms. The predicted octanol–water partition coefficient (Wildman–Crippen LogP) is 2.52. The van der Waals surface area contributed by atoms with Gasteiger partial charge in [-0.1, -0.05) is 0 Å². The van der Waals surface area contributed by atoms with Crippen molar-refractivity contribution < 1.29 is 10.2 Å². The lowest BCUT2D eigenvalue weighted by atomic mass is 10.1. The van der Waals surface area contributed by atoms with E-state index in [1.54, 1.807) is 26.0 Å². The van der Waals surface area contributed by atoms with Crippen molar-refractivity contribution in [3.8, 4) is 5.75 Å². The molecular weight excluding hydrogens is 220 g/mol. The largest absolute Gasteiger partial charge is 0.506 e. The Morgan fingerprint density at radius 1 is 1.42 bits per heavy atom. The highest BCUT2D eigenvalue weighted by atomic mass is 79.9. The molecule has 1 rings (SSSR count). The molecule has 0 saturated heterocycles. The van der Waals surface area contributed by atoms with Crippen LogP contribution >= 0.6 is 15.9 Å². The number of phenols is 1. The molecule has 1 aromatic rings. The van der Waals surface area contributed by atoms with Crippen molar-refractivity contribution in [3.63, 3.8) is 0 Å². The first-order chi connectivity index (χ1) is 5.52. The van der Waals surface area contributed by atoms with Gasteiger partial charge in [-0.15, -0.1) is 0 Å². The number of halogens is 1. The summed E-state index contributed by atoms with van der Waals surface area (Å²) in [5, 5.41) is 18.6. The van der Waals surface area contributed by atoms with Gasteiger partial charge in [-0.2, -0.15) is 0 Å². The summed E-state index contributed by atoms with van der Waals surface area (Å²) >= 11 is 3.20. The van der Waals surface area contributed by atoms with Crippen molar-refractivity contribution in [1.82, 2.24) is 0 Å². The molecule has 0 aliphatic rings. The molecule has 2 N–H and O–H groups in total. The third kappa shape index (κ3) is 1.79. The van der Waals surface area contributed by atoms with Crippen LogP contribution in [0.3, 0.4) is 0 Å². The van der Waals surface area contributed by atoms with E-state index in [0.29, 0.717) is 4.47 Å².